The Labute approximate surface area is 75.6 Å². The van der Waals surface area contributed by atoms with Crippen LogP contribution in [0.3, 0.4) is 0 Å². The Morgan fingerprint density at radius 2 is 1.75 bits per heavy atom. The molecule has 0 aromatic rings. The van der Waals surface area contributed by atoms with Crippen LogP contribution >= 0.6 is 0 Å². The predicted octanol–water partition coefficient (Wildman–Crippen LogP) is 1.80. The van der Waals surface area contributed by atoms with Gasteiger partial charge in [0.05, 0.1) is 6.10 Å². The van der Waals surface area contributed by atoms with E-state index in [4.69, 9.17) is 5.11 Å². The third kappa shape index (κ3) is 4.07. The second-order valence-electron chi connectivity index (χ2n) is 3.63. The molecule has 0 fully saturated rings. The number of rotatable bonds is 6. The van der Waals surface area contributed by atoms with E-state index in [1.807, 2.05) is 6.92 Å². The van der Waals surface area contributed by atoms with Crippen molar-refractivity contribution in [3.63, 3.8) is 0 Å². The molecule has 2 nitrogen and oxygen atoms in total. The number of aliphatic hydroxyl groups is 2. The molecule has 3 atom stereocenters. The lowest BCUT2D eigenvalue weighted by Gasteiger charge is -2.22. The molecule has 0 rings (SSSR count). The van der Waals surface area contributed by atoms with Gasteiger partial charge in [0.25, 0.3) is 0 Å². The van der Waals surface area contributed by atoms with Crippen molar-refractivity contribution in [3.8, 4) is 0 Å². The minimum absolute atomic E-state index is 0.194. The van der Waals surface area contributed by atoms with Gasteiger partial charge in [-0.3, -0.25) is 0 Å². The second kappa shape index (κ2) is 6.44. The van der Waals surface area contributed by atoms with E-state index in [9.17, 15) is 5.11 Å². The maximum Gasteiger partial charge on any atom is 0.0540 e. The summed E-state index contributed by atoms with van der Waals surface area (Å²) in [6.07, 6.45) is 2.43. The highest BCUT2D eigenvalue weighted by atomic mass is 16.3. The highest BCUT2D eigenvalue weighted by molar-refractivity contribution is 4.67. The fourth-order valence-corrected chi connectivity index (χ4v) is 1.50. The Hall–Kier alpha value is -0.0800. The van der Waals surface area contributed by atoms with Crippen molar-refractivity contribution in [1.29, 1.82) is 0 Å². The first-order valence-corrected chi connectivity index (χ1v) is 4.94. The molecule has 0 heterocycles. The van der Waals surface area contributed by atoms with Crippen LogP contribution in [0.4, 0.5) is 0 Å². The molecule has 0 aromatic carbocycles. The van der Waals surface area contributed by atoms with Gasteiger partial charge in [0.15, 0.2) is 0 Å². The molecule has 74 valence electrons. The van der Waals surface area contributed by atoms with Crippen LogP contribution in [0.2, 0.25) is 0 Å². The maximum absolute atomic E-state index is 9.39. The van der Waals surface area contributed by atoms with Gasteiger partial charge in [0.2, 0.25) is 0 Å². The van der Waals surface area contributed by atoms with E-state index in [1.54, 1.807) is 0 Å². The molecular weight excluding hydrogens is 152 g/mol. The van der Waals surface area contributed by atoms with Crippen molar-refractivity contribution in [2.45, 2.75) is 46.1 Å². The molecule has 0 saturated carbocycles. The maximum atomic E-state index is 9.39. The molecule has 0 saturated heterocycles. The summed E-state index contributed by atoms with van der Waals surface area (Å²) in [5.41, 5.74) is 0. The van der Waals surface area contributed by atoms with Gasteiger partial charge in [-0.25, -0.2) is 0 Å². The lowest BCUT2D eigenvalue weighted by atomic mass is 9.87. The highest BCUT2D eigenvalue weighted by Gasteiger charge is 2.16. The normalized spacial score (nSPS) is 18.8. The van der Waals surface area contributed by atoms with Crippen LogP contribution in [0.25, 0.3) is 0 Å². The van der Waals surface area contributed by atoms with Crippen molar-refractivity contribution >= 4 is 0 Å². The largest absolute Gasteiger partial charge is 0.396 e. The lowest BCUT2D eigenvalue weighted by molar-refractivity contribution is 0.103. The number of aliphatic hydroxyl groups excluding tert-OH is 2. The van der Waals surface area contributed by atoms with Crippen molar-refractivity contribution in [3.05, 3.63) is 0 Å². The minimum atomic E-state index is -0.194. The number of hydrogen-bond donors (Lipinski definition) is 2. The van der Waals surface area contributed by atoms with Crippen LogP contribution in [0.15, 0.2) is 0 Å². The molecule has 0 radical (unpaired) electrons. The van der Waals surface area contributed by atoms with E-state index in [2.05, 4.69) is 13.8 Å². The van der Waals surface area contributed by atoms with E-state index in [0.717, 1.165) is 19.3 Å². The lowest BCUT2D eigenvalue weighted by Crippen LogP contribution is -2.20. The van der Waals surface area contributed by atoms with Gasteiger partial charge in [0, 0.05) is 6.61 Å². The van der Waals surface area contributed by atoms with Crippen molar-refractivity contribution in [1.82, 2.24) is 0 Å². The summed E-state index contributed by atoms with van der Waals surface area (Å²) >= 11 is 0. The Balaban J connectivity index is 3.75. The first-order valence-electron chi connectivity index (χ1n) is 4.94. The standard InChI is InChI=1S/C10H22O2/c1-4-9(7-11)8(3)6-10(12)5-2/h8-12H,4-7H2,1-3H3. The summed E-state index contributed by atoms with van der Waals surface area (Å²) in [5, 5.41) is 18.4. The first-order chi connectivity index (χ1) is 5.65. The summed E-state index contributed by atoms with van der Waals surface area (Å²) in [6.45, 7) is 6.41. The zero-order valence-corrected chi connectivity index (χ0v) is 8.45. The molecule has 0 bridgehead atoms. The molecule has 2 N–H and O–H groups in total. The second-order valence-corrected chi connectivity index (χ2v) is 3.63. The Morgan fingerprint density at radius 1 is 1.17 bits per heavy atom. The fraction of sp³-hybridized carbons (Fsp3) is 1.00. The fourth-order valence-electron chi connectivity index (χ4n) is 1.50. The quantitative estimate of drug-likeness (QED) is 0.644. The minimum Gasteiger partial charge on any atom is -0.396 e. The molecule has 12 heavy (non-hydrogen) atoms. The van der Waals surface area contributed by atoms with E-state index in [0.29, 0.717) is 11.8 Å². The third-order valence-corrected chi connectivity index (χ3v) is 2.68. The van der Waals surface area contributed by atoms with Crippen LogP contribution in [-0.2, 0) is 0 Å². The first kappa shape index (κ1) is 11.9. The predicted molar refractivity (Wildman–Crippen MR) is 50.9 cm³/mol. The summed E-state index contributed by atoms with van der Waals surface area (Å²) in [6, 6.07) is 0. The van der Waals surface area contributed by atoms with Crippen LogP contribution in [0.5, 0.6) is 0 Å². The van der Waals surface area contributed by atoms with E-state index in [1.165, 1.54) is 0 Å². The van der Waals surface area contributed by atoms with Crippen LogP contribution in [0.1, 0.15) is 40.0 Å². The van der Waals surface area contributed by atoms with Gasteiger partial charge >= 0.3 is 0 Å². The zero-order chi connectivity index (χ0) is 9.56. The van der Waals surface area contributed by atoms with Crippen LogP contribution in [0, 0.1) is 11.8 Å². The van der Waals surface area contributed by atoms with E-state index in [-0.39, 0.29) is 12.7 Å². The average molecular weight is 174 g/mol. The van der Waals surface area contributed by atoms with Crippen molar-refractivity contribution < 1.29 is 10.2 Å². The van der Waals surface area contributed by atoms with Crippen LogP contribution in [-0.4, -0.2) is 22.9 Å². The van der Waals surface area contributed by atoms with E-state index < -0.39 is 0 Å². The summed E-state index contributed by atoms with van der Waals surface area (Å²) in [5.74, 6) is 0.779. The molecule has 0 aliphatic rings. The molecule has 0 aliphatic carbocycles. The smallest absolute Gasteiger partial charge is 0.0540 e. The van der Waals surface area contributed by atoms with Gasteiger partial charge < -0.3 is 10.2 Å². The van der Waals surface area contributed by atoms with E-state index >= 15 is 0 Å². The Morgan fingerprint density at radius 3 is 2.08 bits per heavy atom. The third-order valence-electron chi connectivity index (χ3n) is 2.68. The monoisotopic (exact) mass is 174 g/mol. The topological polar surface area (TPSA) is 40.5 Å². The molecule has 0 aliphatic heterocycles. The summed E-state index contributed by atoms with van der Waals surface area (Å²) in [7, 11) is 0. The SMILES string of the molecule is CCC(O)CC(C)C(CC)CO. The van der Waals surface area contributed by atoms with Gasteiger partial charge in [-0.2, -0.15) is 0 Å². The van der Waals surface area contributed by atoms with Crippen LogP contribution < -0.4 is 0 Å². The van der Waals surface area contributed by atoms with Crippen molar-refractivity contribution in [2.24, 2.45) is 11.8 Å². The van der Waals surface area contributed by atoms with Gasteiger partial charge in [-0.1, -0.05) is 27.2 Å². The molecule has 2 heteroatoms. The Bertz CT molecular complexity index is 100. The van der Waals surface area contributed by atoms with Gasteiger partial charge in [-0.15, -0.1) is 0 Å². The Kier molecular flexibility index (Phi) is 6.39. The summed E-state index contributed by atoms with van der Waals surface area (Å²) < 4.78 is 0. The molecule has 0 spiro atoms. The number of hydrogen-bond acceptors (Lipinski definition) is 2. The average Bonchev–Trinajstić information content (AvgIpc) is 2.06. The highest BCUT2D eigenvalue weighted by Crippen LogP contribution is 2.20. The molecule has 0 aromatic heterocycles. The van der Waals surface area contributed by atoms with Crippen molar-refractivity contribution in [2.75, 3.05) is 6.61 Å². The zero-order valence-electron chi connectivity index (χ0n) is 8.45. The molecular formula is C10H22O2. The molecule has 3 unspecified atom stereocenters. The van der Waals surface area contributed by atoms with Gasteiger partial charge in [-0.05, 0) is 24.7 Å². The molecule has 0 amide bonds. The van der Waals surface area contributed by atoms with Gasteiger partial charge in [0.1, 0.15) is 0 Å². The summed E-state index contributed by atoms with van der Waals surface area (Å²) in [4.78, 5) is 0.